The summed E-state index contributed by atoms with van der Waals surface area (Å²) in [6.07, 6.45) is 0. The zero-order chi connectivity index (χ0) is 37.4. The lowest BCUT2D eigenvalue weighted by atomic mass is 9.82. The van der Waals surface area contributed by atoms with E-state index in [0.717, 1.165) is 39.2 Å². The van der Waals surface area contributed by atoms with Gasteiger partial charge < -0.3 is 4.57 Å². The summed E-state index contributed by atoms with van der Waals surface area (Å²) in [4.78, 5) is 10.5. The minimum Gasteiger partial charge on any atom is -0.309 e. The summed E-state index contributed by atoms with van der Waals surface area (Å²) in [6, 6.07) is 67.7. The van der Waals surface area contributed by atoms with E-state index < -0.39 is 0 Å². The SMILES string of the molecule is CC1(C)c2ccccc2-c2ccc(-c3cc(-c4ccc(-c5ccc6c7ccccc7n(-c7ccccc7)c6c5)c5ccccc45)nc(-c4ccccc4)n3)cc21. The molecule has 11 rings (SSSR count). The second kappa shape index (κ2) is 12.5. The smallest absolute Gasteiger partial charge is 0.160 e. The Balaban J connectivity index is 1.09. The maximum Gasteiger partial charge on any atom is 0.160 e. The van der Waals surface area contributed by atoms with Crippen molar-refractivity contribution in [1.29, 1.82) is 0 Å². The van der Waals surface area contributed by atoms with Crippen LogP contribution in [0.3, 0.4) is 0 Å². The van der Waals surface area contributed by atoms with Crippen LogP contribution in [0.2, 0.25) is 0 Å². The Kier molecular flexibility index (Phi) is 7.20. The van der Waals surface area contributed by atoms with Gasteiger partial charge in [-0.05, 0) is 80.6 Å². The van der Waals surface area contributed by atoms with Crippen LogP contribution in [0.5, 0.6) is 0 Å². The van der Waals surface area contributed by atoms with Crippen molar-refractivity contribution >= 4 is 32.6 Å². The number of hydrogen-bond acceptors (Lipinski definition) is 2. The maximum absolute atomic E-state index is 5.28. The van der Waals surface area contributed by atoms with Gasteiger partial charge in [-0.1, -0.05) is 166 Å². The van der Waals surface area contributed by atoms with Gasteiger partial charge in [0.05, 0.1) is 22.4 Å². The van der Waals surface area contributed by atoms with Crippen molar-refractivity contribution in [3.63, 3.8) is 0 Å². The van der Waals surface area contributed by atoms with E-state index in [1.54, 1.807) is 0 Å². The first-order chi connectivity index (χ1) is 27.5. The molecule has 0 saturated heterocycles. The number of fused-ring (bicyclic) bond motifs is 7. The van der Waals surface area contributed by atoms with E-state index in [1.807, 2.05) is 6.07 Å². The quantitative estimate of drug-likeness (QED) is 0.178. The third-order valence-electron chi connectivity index (χ3n) is 11.8. The highest BCUT2D eigenvalue weighted by molar-refractivity contribution is 6.12. The van der Waals surface area contributed by atoms with Gasteiger partial charge in [0.15, 0.2) is 5.82 Å². The Morgan fingerprint density at radius 3 is 1.79 bits per heavy atom. The van der Waals surface area contributed by atoms with Crippen molar-refractivity contribution < 1.29 is 0 Å². The fraction of sp³-hybridized carbons (Fsp3) is 0.0566. The van der Waals surface area contributed by atoms with E-state index >= 15 is 0 Å². The molecule has 1 aliphatic carbocycles. The number of hydrogen-bond donors (Lipinski definition) is 0. The first-order valence-corrected chi connectivity index (χ1v) is 19.3. The standard InChI is InChI=1S/C53H37N3/c1-53(2)46-23-13-11-21-41(46)42-27-26-36(31-47(42)53)48-33-49(55-52(54-48)34-15-5-3-6-16-34)43-30-29-38(39-19-9-10-20-40(39)43)35-25-28-45-44-22-12-14-24-50(44)56(51(45)32-35)37-17-7-4-8-18-37/h3-33H,1-2H3. The second-order valence-corrected chi connectivity index (χ2v) is 15.4. The Bertz CT molecular complexity index is 3150. The molecular weight excluding hydrogens is 679 g/mol. The van der Waals surface area contributed by atoms with E-state index in [4.69, 9.17) is 9.97 Å². The van der Waals surface area contributed by atoms with Crippen LogP contribution in [0, 0.1) is 0 Å². The number of aromatic nitrogens is 3. The van der Waals surface area contributed by atoms with Crippen molar-refractivity contribution in [3.05, 3.63) is 199 Å². The number of nitrogens with zero attached hydrogens (tertiary/aromatic N) is 3. The van der Waals surface area contributed by atoms with Crippen LogP contribution in [-0.2, 0) is 5.41 Å². The molecule has 0 N–H and O–H groups in total. The molecule has 0 spiro atoms. The summed E-state index contributed by atoms with van der Waals surface area (Å²) in [5.74, 6) is 0.716. The van der Waals surface area contributed by atoms with E-state index in [0.29, 0.717) is 5.82 Å². The largest absolute Gasteiger partial charge is 0.309 e. The van der Waals surface area contributed by atoms with Crippen molar-refractivity contribution in [3.8, 4) is 61.8 Å². The van der Waals surface area contributed by atoms with Gasteiger partial charge in [-0.3, -0.25) is 0 Å². The molecular formula is C53H37N3. The Morgan fingerprint density at radius 1 is 0.375 bits per heavy atom. The molecule has 3 heteroatoms. The lowest BCUT2D eigenvalue weighted by Gasteiger charge is -2.22. The van der Waals surface area contributed by atoms with Crippen molar-refractivity contribution in [2.45, 2.75) is 19.3 Å². The summed E-state index contributed by atoms with van der Waals surface area (Å²) < 4.78 is 2.39. The predicted molar refractivity (Wildman–Crippen MR) is 233 cm³/mol. The molecule has 0 saturated carbocycles. The molecule has 56 heavy (non-hydrogen) atoms. The summed E-state index contributed by atoms with van der Waals surface area (Å²) in [7, 11) is 0. The average molecular weight is 716 g/mol. The number of benzene rings is 8. The molecule has 0 fully saturated rings. The molecule has 0 atom stereocenters. The first-order valence-electron chi connectivity index (χ1n) is 19.3. The lowest BCUT2D eigenvalue weighted by molar-refractivity contribution is 0.660. The Morgan fingerprint density at radius 2 is 0.964 bits per heavy atom. The normalized spacial score (nSPS) is 13.0. The molecule has 10 aromatic rings. The van der Waals surface area contributed by atoms with Gasteiger partial charge in [0.1, 0.15) is 0 Å². The zero-order valence-electron chi connectivity index (χ0n) is 31.2. The molecule has 264 valence electrons. The van der Waals surface area contributed by atoms with Crippen LogP contribution in [0.4, 0.5) is 0 Å². The van der Waals surface area contributed by atoms with Crippen molar-refractivity contribution in [2.24, 2.45) is 0 Å². The highest BCUT2D eigenvalue weighted by atomic mass is 15.0. The first kappa shape index (κ1) is 32.3. The molecule has 0 unspecified atom stereocenters. The molecule has 3 nitrogen and oxygen atoms in total. The Hall–Kier alpha value is -7.10. The third kappa shape index (κ3) is 4.98. The van der Waals surface area contributed by atoms with Gasteiger partial charge in [-0.15, -0.1) is 0 Å². The molecule has 1 aliphatic rings. The van der Waals surface area contributed by atoms with Crippen molar-refractivity contribution in [1.82, 2.24) is 14.5 Å². The van der Waals surface area contributed by atoms with E-state index in [2.05, 4.69) is 200 Å². The van der Waals surface area contributed by atoms with E-state index in [-0.39, 0.29) is 5.41 Å². The lowest BCUT2D eigenvalue weighted by Crippen LogP contribution is -2.14. The van der Waals surface area contributed by atoms with Crippen LogP contribution in [0.15, 0.2) is 188 Å². The molecule has 0 amide bonds. The zero-order valence-corrected chi connectivity index (χ0v) is 31.2. The van der Waals surface area contributed by atoms with Crippen LogP contribution < -0.4 is 0 Å². The van der Waals surface area contributed by atoms with Crippen LogP contribution >= 0.6 is 0 Å². The third-order valence-corrected chi connectivity index (χ3v) is 11.8. The van der Waals surface area contributed by atoms with Crippen LogP contribution in [0.25, 0.3) is 94.4 Å². The summed E-state index contributed by atoms with van der Waals surface area (Å²) in [6.45, 7) is 4.66. The van der Waals surface area contributed by atoms with Gasteiger partial charge in [0.25, 0.3) is 0 Å². The molecule has 0 bridgehead atoms. The molecule has 0 radical (unpaired) electrons. The molecule has 0 aliphatic heterocycles. The van der Waals surface area contributed by atoms with E-state index in [1.165, 1.54) is 60.6 Å². The molecule has 2 heterocycles. The van der Waals surface area contributed by atoms with E-state index in [9.17, 15) is 0 Å². The van der Waals surface area contributed by atoms with Crippen LogP contribution in [0.1, 0.15) is 25.0 Å². The summed E-state index contributed by atoms with van der Waals surface area (Å²) >= 11 is 0. The van der Waals surface area contributed by atoms with Gasteiger partial charge in [0.2, 0.25) is 0 Å². The summed E-state index contributed by atoms with van der Waals surface area (Å²) in [5, 5.41) is 4.84. The average Bonchev–Trinajstić information content (AvgIpc) is 3.71. The second-order valence-electron chi connectivity index (χ2n) is 15.4. The van der Waals surface area contributed by atoms with Crippen molar-refractivity contribution in [2.75, 3.05) is 0 Å². The topological polar surface area (TPSA) is 30.7 Å². The number of rotatable bonds is 5. The summed E-state index contributed by atoms with van der Waals surface area (Å²) in [5.41, 5.74) is 16.1. The molecule has 2 aromatic heterocycles. The fourth-order valence-corrected chi connectivity index (χ4v) is 9.08. The number of para-hydroxylation sites is 2. The molecule has 8 aromatic carbocycles. The highest BCUT2D eigenvalue weighted by Gasteiger charge is 2.35. The predicted octanol–water partition coefficient (Wildman–Crippen LogP) is 13.7. The van der Waals surface area contributed by atoms with Crippen LogP contribution in [-0.4, -0.2) is 14.5 Å². The highest BCUT2D eigenvalue weighted by Crippen LogP contribution is 2.49. The minimum absolute atomic E-state index is 0.107. The monoisotopic (exact) mass is 715 g/mol. The van der Waals surface area contributed by atoms with Gasteiger partial charge >= 0.3 is 0 Å². The maximum atomic E-state index is 5.28. The minimum atomic E-state index is -0.107. The fourth-order valence-electron chi connectivity index (χ4n) is 9.08. The van der Waals surface area contributed by atoms with Gasteiger partial charge in [-0.25, -0.2) is 9.97 Å². The van der Waals surface area contributed by atoms with Gasteiger partial charge in [-0.2, -0.15) is 0 Å². The van der Waals surface area contributed by atoms with Gasteiger partial charge in [0, 0.05) is 38.6 Å². The Labute approximate surface area is 326 Å².